The molecule has 1 amide bonds. The molecule has 2 aromatic carbocycles. The maximum absolute atomic E-state index is 13.3. The number of nitrogens with zero attached hydrogens (tertiary/aromatic N) is 4. The quantitative estimate of drug-likeness (QED) is 0.159. The number of rotatable bonds is 14. The molecule has 4 rings (SSSR count). The number of carboxylic acid groups (broad SMARTS) is 1. The molecule has 0 aliphatic heterocycles. The highest BCUT2D eigenvalue weighted by Crippen LogP contribution is 2.28. The van der Waals surface area contributed by atoms with Crippen LogP contribution in [-0.2, 0) is 32.6 Å². The Kier molecular flexibility index (Phi) is 9.72. The molecule has 2 atom stereocenters. The predicted molar refractivity (Wildman–Crippen MR) is 152 cm³/mol. The van der Waals surface area contributed by atoms with Crippen molar-refractivity contribution in [3.63, 3.8) is 0 Å². The van der Waals surface area contributed by atoms with Crippen molar-refractivity contribution in [2.75, 3.05) is 13.2 Å². The Bertz CT molecular complexity index is 1650. The highest BCUT2D eigenvalue weighted by Gasteiger charge is 2.30. The number of primary sulfonamides is 1. The van der Waals surface area contributed by atoms with Crippen molar-refractivity contribution < 1.29 is 37.7 Å². The second-order valence-electron chi connectivity index (χ2n) is 9.64. The third-order valence-corrected chi connectivity index (χ3v) is 8.39. The predicted octanol–water partition coefficient (Wildman–Crippen LogP) is 1.49. The zero-order chi connectivity index (χ0) is 30.4. The number of hydrogen-bond acceptors (Lipinski definition) is 11. The van der Waals surface area contributed by atoms with Gasteiger partial charge in [0.1, 0.15) is 42.5 Å². The summed E-state index contributed by atoms with van der Waals surface area (Å²) in [7, 11) is -3.92. The summed E-state index contributed by atoms with van der Waals surface area (Å²) in [5.41, 5.74) is 1.57. The van der Waals surface area contributed by atoms with Crippen LogP contribution in [0.3, 0.4) is 0 Å². The zero-order valence-electron chi connectivity index (χ0n) is 22.7. The molecule has 0 saturated carbocycles. The van der Waals surface area contributed by atoms with Crippen molar-refractivity contribution in [2.24, 2.45) is 11.1 Å². The molecule has 0 fully saturated rings. The third kappa shape index (κ3) is 7.79. The number of aliphatic hydroxyl groups excluding tert-OH is 1. The maximum Gasteiger partial charge on any atom is 0.326 e. The standard InChI is InChI=1S/C26H30N6O8S2/c1-15(2)23(24(34)28-21(25(35)36)11-16-3-5-18(6-4-16)39-10-9-33)32-13-17(30-31-32)14-40-19-7-8-20-22(12-19)41-26(29-20)42(27,37)38/h3-8,12-13,15,21,23,33H,9-11,14H2,1-2H3,(H,28,34)(H,35,36)(H2,27,37,38). The van der Waals surface area contributed by atoms with Crippen molar-refractivity contribution in [3.05, 3.63) is 59.9 Å². The van der Waals surface area contributed by atoms with Gasteiger partial charge >= 0.3 is 5.97 Å². The van der Waals surface area contributed by atoms with E-state index in [-0.39, 0.29) is 36.5 Å². The fraction of sp³-hybridized carbons (Fsp3) is 0.346. The monoisotopic (exact) mass is 618 g/mol. The van der Waals surface area contributed by atoms with Gasteiger partial charge in [-0.2, -0.15) is 0 Å². The van der Waals surface area contributed by atoms with Crippen LogP contribution in [0.25, 0.3) is 10.2 Å². The van der Waals surface area contributed by atoms with Crippen molar-refractivity contribution in [1.82, 2.24) is 25.3 Å². The van der Waals surface area contributed by atoms with Crippen LogP contribution in [0.4, 0.5) is 0 Å². The molecule has 0 spiro atoms. The Morgan fingerprint density at radius 3 is 2.48 bits per heavy atom. The van der Waals surface area contributed by atoms with E-state index in [1.807, 2.05) is 13.8 Å². The minimum Gasteiger partial charge on any atom is -0.491 e. The van der Waals surface area contributed by atoms with Gasteiger partial charge in [-0.15, -0.1) is 16.4 Å². The number of aromatic nitrogens is 4. The van der Waals surface area contributed by atoms with Crippen LogP contribution in [0.1, 0.15) is 31.1 Å². The second kappa shape index (κ2) is 13.2. The molecule has 5 N–H and O–H groups in total. The summed E-state index contributed by atoms with van der Waals surface area (Å²) in [6.07, 6.45) is 1.60. The molecule has 2 heterocycles. The van der Waals surface area contributed by atoms with E-state index >= 15 is 0 Å². The summed E-state index contributed by atoms with van der Waals surface area (Å²) in [4.78, 5) is 29.2. The van der Waals surface area contributed by atoms with Gasteiger partial charge in [0.2, 0.25) is 10.2 Å². The van der Waals surface area contributed by atoms with Crippen molar-refractivity contribution in [3.8, 4) is 11.5 Å². The Labute approximate surface area is 245 Å². The molecule has 16 heteroatoms. The van der Waals surface area contributed by atoms with Gasteiger partial charge in [-0.3, -0.25) is 4.79 Å². The minimum atomic E-state index is -3.92. The number of fused-ring (bicyclic) bond motifs is 1. The number of amides is 1. The number of carbonyl (C=O) groups is 2. The van der Waals surface area contributed by atoms with E-state index in [9.17, 15) is 23.1 Å². The average Bonchev–Trinajstić information content (AvgIpc) is 3.58. The first kappa shape index (κ1) is 30.8. The summed E-state index contributed by atoms with van der Waals surface area (Å²) in [6.45, 7) is 3.65. The molecular formula is C26H30N6O8S2. The number of nitrogens with two attached hydrogens (primary N) is 1. The van der Waals surface area contributed by atoms with Gasteiger partial charge in [0.25, 0.3) is 10.0 Å². The summed E-state index contributed by atoms with van der Waals surface area (Å²) in [5, 5.41) is 34.6. The lowest BCUT2D eigenvalue weighted by Gasteiger charge is -2.23. The molecule has 14 nitrogen and oxygen atoms in total. The van der Waals surface area contributed by atoms with Gasteiger partial charge in [0, 0.05) is 6.42 Å². The Morgan fingerprint density at radius 1 is 1.12 bits per heavy atom. The maximum atomic E-state index is 13.3. The summed E-state index contributed by atoms with van der Waals surface area (Å²) >= 11 is 0.929. The first-order valence-electron chi connectivity index (χ1n) is 12.8. The largest absolute Gasteiger partial charge is 0.491 e. The van der Waals surface area contributed by atoms with Crippen molar-refractivity contribution >= 4 is 43.5 Å². The highest BCUT2D eigenvalue weighted by atomic mass is 32.2. The third-order valence-electron chi connectivity index (χ3n) is 6.05. The lowest BCUT2D eigenvalue weighted by atomic mass is 10.0. The van der Waals surface area contributed by atoms with E-state index in [1.54, 1.807) is 48.7 Å². The number of carbonyl (C=O) groups excluding carboxylic acids is 1. The molecule has 224 valence electrons. The number of nitrogens with one attached hydrogen (secondary N) is 1. The van der Waals surface area contributed by atoms with Crippen LogP contribution in [-0.4, -0.2) is 69.7 Å². The number of benzene rings is 2. The van der Waals surface area contributed by atoms with Crippen molar-refractivity contribution in [2.45, 2.75) is 43.3 Å². The van der Waals surface area contributed by atoms with Gasteiger partial charge in [-0.05, 0) is 41.8 Å². The molecule has 2 aromatic heterocycles. The molecule has 0 saturated heterocycles. The lowest BCUT2D eigenvalue weighted by molar-refractivity contribution is -0.142. The van der Waals surface area contributed by atoms with Crippen LogP contribution >= 0.6 is 11.3 Å². The summed E-state index contributed by atoms with van der Waals surface area (Å²) in [6, 6.07) is 9.58. The van der Waals surface area contributed by atoms with Crippen LogP contribution in [0.2, 0.25) is 0 Å². The Morgan fingerprint density at radius 2 is 1.83 bits per heavy atom. The van der Waals surface area contributed by atoms with E-state index in [4.69, 9.17) is 19.7 Å². The van der Waals surface area contributed by atoms with Crippen LogP contribution < -0.4 is 19.9 Å². The minimum absolute atomic E-state index is 0.00849. The van der Waals surface area contributed by atoms with E-state index < -0.39 is 34.0 Å². The first-order chi connectivity index (χ1) is 19.9. The number of carboxylic acids is 1. The smallest absolute Gasteiger partial charge is 0.326 e. The molecule has 2 unspecified atom stereocenters. The fourth-order valence-electron chi connectivity index (χ4n) is 4.07. The molecule has 0 bridgehead atoms. The number of sulfonamides is 1. The highest BCUT2D eigenvalue weighted by molar-refractivity contribution is 7.91. The molecule has 0 radical (unpaired) electrons. The number of aliphatic hydroxyl groups is 1. The summed E-state index contributed by atoms with van der Waals surface area (Å²) < 4.78 is 36.0. The summed E-state index contributed by atoms with van der Waals surface area (Å²) in [5.74, 6) is -0.987. The second-order valence-corrected chi connectivity index (χ2v) is 12.4. The molecule has 0 aliphatic carbocycles. The first-order valence-corrected chi connectivity index (χ1v) is 15.1. The number of thiazole rings is 1. The van der Waals surface area contributed by atoms with Gasteiger partial charge in [-0.1, -0.05) is 31.2 Å². The van der Waals surface area contributed by atoms with Gasteiger partial charge in [-0.25, -0.2) is 28.0 Å². The van der Waals surface area contributed by atoms with E-state index in [0.29, 0.717) is 33.0 Å². The van der Waals surface area contributed by atoms with E-state index in [2.05, 4.69) is 20.6 Å². The Hall–Kier alpha value is -4.12. The van der Waals surface area contributed by atoms with Crippen LogP contribution in [0.5, 0.6) is 11.5 Å². The van der Waals surface area contributed by atoms with Crippen molar-refractivity contribution in [1.29, 1.82) is 0 Å². The fourth-order valence-corrected chi connectivity index (χ4v) is 5.76. The van der Waals surface area contributed by atoms with Gasteiger partial charge in [0.05, 0.1) is 23.0 Å². The van der Waals surface area contributed by atoms with Crippen LogP contribution in [0, 0.1) is 5.92 Å². The number of aliphatic carboxylic acids is 1. The molecular weight excluding hydrogens is 588 g/mol. The lowest BCUT2D eigenvalue weighted by Crippen LogP contribution is -2.46. The normalized spacial score (nSPS) is 13.2. The van der Waals surface area contributed by atoms with Crippen LogP contribution in [0.15, 0.2) is 53.0 Å². The van der Waals surface area contributed by atoms with E-state index in [0.717, 1.165) is 11.3 Å². The van der Waals surface area contributed by atoms with E-state index in [1.165, 1.54) is 4.68 Å². The number of hydrogen-bond donors (Lipinski definition) is 4. The average molecular weight is 619 g/mol. The zero-order valence-corrected chi connectivity index (χ0v) is 24.3. The number of ether oxygens (including phenoxy) is 2. The molecule has 42 heavy (non-hydrogen) atoms. The van der Waals surface area contributed by atoms with Gasteiger partial charge in [0.15, 0.2) is 0 Å². The molecule has 4 aromatic rings. The van der Waals surface area contributed by atoms with Gasteiger partial charge < -0.3 is 25.0 Å². The topological polar surface area (TPSA) is 209 Å². The molecule has 0 aliphatic rings. The Balaban J connectivity index is 1.41. The SMILES string of the molecule is CC(C)C(C(=O)NC(Cc1ccc(OCCO)cc1)C(=O)O)n1cc(COc2ccc3nc(S(N)(=O)=O)sc3c2)nn1.